The van der Waals surface area contributed by atoms with Gasteiger partial charge in [-0.05, 0) is 36.4 Å². The van der Waals surface area contributed by atoms with Crippen LogP contribution in [0, 0.1) is 0 Å². The molecule has 10 nitrogen and oxygen atoms in total. The normalized spacial score (nSPS) is 13.5. The van der Waals surface area contributed by atoms with E-state index in [2.05, 4.69) is 10.7 Å². The van der Waals surface area contributed by atoms with Crippen LogP contribution in [-0.2, 0) is 19.1 Å². The topological polar surface area (TPSA) is 127 Å². The van der Waals surface area contributed by atoms with Gasteiger partial charge in [0.05, 0.1) is 24.0 Å². The van der Waals surface area contributed by atoms with E-state index in [-0.39, 0.29) is 30.2 Å². The molecular formula is C26H21N3O7. The van der Waals surface area contributed by atoms with Crippen molar-refractivity contribution in [2.75, 3.05) is 24.0 Å². The molecule has 1 aliphatic rings. The number of rotatable bonds is 6. The van der Waals surface area contributed by atoms with Gasteiger partial charge >= 0.3 is 5.97 Å². The highest BCUT2D eigenvalue weighted by atomic mass is 16.5. The lowest BCUT2D eigenvalue weighted by Gasteiger charge is -2.27. The summed E-state index contributed by atoms with van der Waals surface area (Å²) in [7, 11) is 1.49. The minimum atomic E-state index is -0.717. The van der Waals surface area contributed by atoms with Gasteiger partial charge in [-0.15, -0.1) is 0 Å². The van der Waals surface area contributed by atoms with E-state index in [1.807, 2.05) is 24.3 Å². The Hall–Kier alpha value is -4.86. The van der Waals surface area contributed by atoms with Gasteiger partial charge in [0.1, 0.15) is 16.9 Å². The summed E-state index contributed by atoms with van der Waals surface area (Å²) in [4.78, 5) is 48.5. The van der Waals surface area contributed by atoms with Crippen LogP contribution in [0.25, 0.3) is 21.9 Å². The number of carbonyl (C=O) groups excluding carboxylic acids is 4. The fourth-order valence-corrected chi connectivity index (χ4v) is 3.95. The number of nitrogens with zero attached hydrogens (tertiary/aromatic N) is 1. The third-order valence-electron chi connectivity index (χ3n) is 5.72. The number of para-hydroxylation sites is 1. The van der Waals surface area contributed by atoms with Crippen molar-refractivity contribution in [1.29, 1.82) is 0 Å². The molecule has 4 aromatic rings. The summed E-state index contributed by atoms with van der Waals surface area (Å²) in [6, 6.07) is 16.9. The molecule has 36 heavy (non-hydrogen) atoms. The van der Waals surface area contributed by atoms with Gasteiger partial charge in [0, 0.05) is 29.7 Å². The molecule has 1 fully saturated rings. The second kappa shape index (κ2) is 9.41. The lowest BCUT2D eigenvalue weighted by Crippen LogP contribution is -2.50. The lowest BCUT2D eigenvalue weighted by molar-refractivity contribution is -0.130. The Kier molecular flexibility index (Phi) is 5.99. The number of benzene rings is 3. The van der Waals surface area contributed by atoms with Crippen LogP contribution in [-0.4, -0.2) is 37.4 Å². The Labute approximate surface area is 204 Å². The molecule has 0 saturated carbocycles. The molecule has 3 aromatic carbocycles. The average molecular weight is 487 g/mol. The molecule has 0 bridgehead atoms. The lowest BCUT2D eigenvalue weighted by atomic mass is 10.1. The molecule has 1 aromatic heterocycles. The first-order chi connectivity index (χ1) is 17.4. The Morgan fingerprint density at radius 2 is 1.78 bits per heavy atom. The maximum absolute atomic E-state index is 12.5. The molecule has 10 heteroatoms. The highest BCUT2D eigenvalue weighted by Gasteiger charge is 2.24. The van der Waals surface area contributed by atoms with Crippen LogP contribution in [0.2, 0.25) is 0 Å². The van der Waals surface area contributed by atoms with Crippen molar-refractivity contribution in [3.63, 3.8) is 0 Å². The molecule has 3 amide bonds. The maximum atomic E-state index is 12.5. The Bertz CT molecular complexity index is 1510. The number of nitrogens with one attached hydrogen (secondary N) is 2. The largest absolute Gasteiger partial charge is 0.495 e. The number of ether oxygens (including phenoxy) is 2. The van der Waals surface area contributed by atoms with Gasteiger partial charge < -0.3 is 19.2 Å². The summed E-state index contributed by atoms with van der Waals surface area (Å²) >= 11 is 0. The fourth-order valence-electron chi connectivity index (χ4n) is 3.95. The van der Waals surface area contributed by atoms with Gasteiger partial charge in [-0.25, -0.2) is 9.80 Å². The second-order valence-electron chi connectivity index (χ2n) is 8.08. The number of methoxy groups -OCH3 is 1. The first-order valence-corrected chi connectivity index (χ1v) is 11.1. The summed E-state index contributed by atoms with van der Waals surface area (Å²) in [6.07, 6.45) is 0.249. The maximum Gasteiger partial charge on any atom is 0.338 e. The molecule has 2 N–H and O–H groups in total. The van der Waals surface area contributed by atoms with E-state index in [9.17, 15) is 19.2 Å². The quantitative estimate of drug-likeness (QED) is 0.398. The molecule has 1 aliphatic heterocycles. The van der Waals surface area contributed by atoms with Gasteiger partial charge in [0.15, 0.2) is 6.61 Å². The molecule has 0 unspecified atom stereocenters. The number of anilines is 2. The van der Waals surface area contributed by atoms with Crippen LogP contribution < -0.4 is 20.5 Å². The van der Waals surface area contributed by atoms with Gasteiger partial charge in [0.2, 0.25) is 11.8 Å². The highest BCUT2D eigenvalue weighted by Crippen LogP contribution is 2.36. The van der Waals surface area contributed by atoms with E-state index in [1.54, 1.807) is 12.1 Å². The fraction of sp³-hybridized carbons (Fsp3) is 0.154. The average Bonchev–Trinajstić information content (AvgIpc) is 3.25. The van der Waals surface area contributed by atoms with Gasteiger partial charge in [-0.3, -0.25) is 19.8 Å². The standard InChI is InChI=1S/C26H21N3O7/c1-34-22-12-18-17-4-2-3-5-20(17)36-21(18)13-19(22)27-24(31)14-35-26(33)15-6-8-16(9-7-15)29-25(32)11-10-23(30)28-29/h2-9,12-13H,10-11,14H2,1H3,(H,27,31)(H,28,30). The zero-order valence-corrected chi connectivity index (χ0v) is 19.2. The van der Waals surface area contributed by atoms with Crippen molar-refractivity contribution in [1.82, 2.24) is 5.43 Å². The number of hydrazine groups is 1. The smallest absolute Gasteiger partial charge is 0.338 e. The zero-order valence-electron chi connectivity index (χ0n) is 19.2. The van der Waals surface area contributed by atoms with Crippen molar-refractivity contribution in [3.05, 3.63) is 66.2 Å². The molecular weight excluding hydrogens is 466 g/mol. The molecule has 0 aliphatic carbocycles. The SMILES string of the molecule is COc1cc2c(cc1NC(=O)COC(=O)c1ccc(N3NC(=O)CCC3=O)cc1)oc1ccccc12. The van der Waals surface area contributed by atoms with Crippen LogP contribution in [0.3, 0.4) is 0 Å². The Morgan fingerprint density at radius 1 is 1.00 bits per heavy atom. The minimum Gasteiger partial charge on any atom is -0.495 e. The first-order valence-electron chi connectivity index (χ1n) is 11.1. The van der Waals surface area contributed by atoms with Crippen LogP contribution >= 0.6 is 0 Å². The van der Waals surface area contributed by atoms with Gasteiger partial charge in [-0.1, -0.05) is 18.2 Å². The van der Waals surface area contributed by atoms with E-state index >= 15 is 0 Å². The highest BCUT2D eigenvalue weighted by molar-refractivity contribution is 6.08. The van der Waals surface area contributed by atoms with Crippen molar-refractivity contribution in [3.8, 4) is 5.75 Å². The molecule has 0 radical (unpaired) electrons. The minimum absolute atomic E-state index is 0.110. The summed E-state index contributed by atoms with van der Waals surface area (Å²) in [5.41, 5.74) is 4.74. The number of hydrogen-bond donors (Lipinski definition) is 2. The molecule has 0 atom stereocenters. The summed E-state index contributed by atoms with van der Waals surface area (Å²) in [5, 5.41) is 5.59. The second-order valence-corrected chi connectivity index (χ2v) is 8.08. The van der Waals surface area contributed by atoms with Crippen LogP contribution in [0.15, 0.2) is 65.1 Å². The van der Waals surface area contributed by atoms with Gasteiger partial charge in [0.25, 0.3) is 5.91 Å². The number of fused-ring (bicyclic) bond motifs is 3. The molecule has 1 saturated heterocycles. The van der Waals surface area contributed by atoms with Crippen molar-refractivity contribution in [2.24, 2.45) is 0 Å². The Balaban J connectivity index is 1.23. The molecule has 5 rings (SSSR count). The number of hydrogen-bond acceptors (Lipinski definition) is 7. The number of carbonyl (C=O) groups is 4. The summed E-state index contributed by atoms with van der Waals surface area (Å²) < 4.78 is 16.4. The Morgan fingerprint density at radius 3 is 2.56 bits per heavy atom. The molecule has 2 heterocycles. The first kappa shape index (κ1) is 22.9. The predicted octanol–water partition coefficient (Wildman–Crippen LogP) is 3.55. The molecule has 0 spiro atoms. The van der Waals surface area contributed by atoms with Crippen LogP contribution in [0.1, 0.15) is 23.2 Å². The van der Waals surface area contributed by atoms with E-state index < -0.39 is 18.5 Å². The van der Waals surface area contributed by atoms with Crippen LogP contribution in [0.4, 0.5) is 11.4 Å². The van der Waals surface area contributed by atoms with Crippen molar-refractivity contribution in [2.45, 2.75) is 12.8 Å². The monoisotopic (exact) mass is 487 g/mol. The van der Waals surface area contributed by atoms with E-state index in [1.165, 1.54) is 31.4 Å². The third kappa shape index (κ3) is 4.43. The summed E-state index contributed by atoms with van der Waals surface area (Å²) in [5.74, 6) is -1.36. The summed E-state index contributed by atoms with van der Waals surface area (Å²) in [6.45, 7) is -0.525. The predicted molar refractivity (Wildman–Crippen MR) is 130 cm³/mol. The zero-order chi connectivity index (χ0) is 25.2. The van der Waals surface area contributed by atoms with Crippen molar-refractivity contribution >= 4 is 57.0 Å². The molecule has 182 valence electrons. The van der Waals surface area contributed by atoms with Crippen LogP contribution in [0.5, 0.6) is 5.75 Å². The number of esters is 1. The van der Waals surface area contributed by atoms with E-state index in [0.29, 0.717) is 28.3 Å². The van der Waals surface area contributed by atoms with Gasteiger partial charge in [-0.2, -0.15) is 0 Å². The number of amides is 3. The van der Waals surface area contributed by atoms with E-state index in [0.717, 1.165) is 15.8 Å². The van der Waals surface area contributed by atoms with E-state index in [4.69, 9.17) is 13.9 Å². The third-order valence-corrected chi connectivity index (χ3v) is 5.72. The van der Waals surface area contributed by atoms with Crippen molar-refractivity contribution < 1.29 is 33.1 Å². The number of furan rings is 1.